The first-order valence-corrected chi connectivity index (χ1v) is 8.02. The van der Waals surface area contributed by atoms with Gasteiger partial charge in [0.25, 0.3) is 0 Å². The zero-order valence-corrected chi connectivity index (χ0v) is 14.3. The summed E-state index contributed by atoms with van der Waals surface area (Å²) >= 11 is 13.3. The second-order valence-corrected chi connectivity index (χ2v) is 6.24. The highest BCUT2D eigenvalue weighted by Gasteiger charge is 2.14. The third kappa shape index (κ3) is 3.74. The van der Waals surface area contributed by atoms with Crippen molar-refractivity contribution >= 4 is 43.5 Å². The van der Waals surface area contributed by atoms with Crippen LogP contribution in [0.15, 0.2) is 46.9 Å². The van der Waals surface area contributed by atoms with Crippen molar-refractivity contribution in [3.05, 3.63) is 63.1 Å². The Morgan fingerprint density at radius 3 is 2.63 bits per heavy atom. The Morgan fingerprint density at radius 1 is 1.21 bits per heavy atom. The summed E-state index contributed by atoms with van der Waals surface area (Å²) in [5, 5.41) is 0.740. The van der Waals surface area contributed by atoms with E-state index in [-0.39, 0.29) is 4.83 Å². The molecule has 4 heteroatoms. The van der Waals surface area contributed by atoms with E-state index in [4.69, 9.17) is 16.3 Å². The molecule has 1 atom stereocenters. The molecule has 1 nitrogen and oxygen atoms in total. The summed E-state index contributed by atoms with van der Waals surface area (Å²) in [4.78, 5) is 0.0938. The lowest BCUT2D eigenvalue weighted by atomic mass is 10.0. The lowest BCUT2D eigenvalue weighted by molar-refractivity contribution is 0.340. The van der Waals surface area contributed by atoms with Gasteiger partial charge in [0.1, 0.15) is 5.75 Å². The molecule has 2 aromatic rings. The maximum absolute atomic E-state index is 6.03. The molecule has 0 amide bonds. The Hall–Kier alpha value is -0.510. The van der Waals surface area contributed by atoms with Crippen LogP contribution in [-0.4, -0.2) is 6.61 Å². The molecule has 1 unspecified atom stereocenters. The van der Waals surface area contributed by atoms with Gasteiger partial charge >= 0.3 is 0 Å². The summed E-state index contributed by atoms with van der Waals surface area (Å²) in [6.45, 7) is 2.64. The fourth-order valence-corrected chi connectivity index (χ4v) is 3.59. The van der Waals surface area contributed by atoms with Crippen molar-refractivity contribution in [2.24, 2.45) is 0 Å². The largest absolute Gasteiger partial charge is 0.494 e. The van der Waals surface area contributed by atoms with E-state index < -0.39 is 0 Å². The first-order valence-electron chi connectivity index (χ1n) is 5.93. The van der Waals surface area contributed by atoms with Crippen LogP contribution in [0.2, 0.25) is 5.02 Å². The van der Waals surface area contributed by atoms with E-state index in [9.17, 15) is 0 Å². The molecular formula is C15H13Br2ClO. The van der Waals surface area contributed by atoms with Gasteiger partial charge in [-0.15, -0.1) is 0 Å². The van der Waals surface area contributed by atoms with Gasteiger partial charge in [-0.25, -0.2) is 0 Å². The molecular weight excluding hydrogens is 391 g/mol. The summed E-state index contributed by atoms with van der Waals surface area (Å²) in [7, 11) is 0. The average Bonchev–Trinajstić information content (AvgIpc) is 2.38. The molecule has 2 rings (SSSR count). The summed E-state index contributed by atoms with van der Waals surface area (Å²) in [6.07, 6.45) is 0. The summed E-state index contributed by atoms with van der Waals surface area (Å²) in [5.41, 5.74) is 2.27. The molecule has 0 radical (unpaired) electrons. The highest BCUT2D eigenvalue weighted by Crippen LogP contribution is 2.37. The predicted octanol–water partition coefficient (Wildman–Crippen LogP) is 5.99. The van der Waals surface area contributed by atoms with Gasteiger partial charge in [-0.2, -0.15) is 0 Å². The molecule has 0 saturated carbocycles. The van der Waals surface area contributed by atoms with E-state index >= 15 is 0 Å². The van der Waals surface area contributed by atoms with E-state index in [0.29, 0.717) is 6.61 Å². The molecule has 0 aliphatic rings. The first kappa shape index (κ1) is 14.9. The van der Waals surface area contributed by atoms with Crippen molar-refractivity contribution in [1.29, 1.82) is 0 Å². The van der Waals surface area contributed by atoms with Crippen molar-refractivity contribution in [1.82, 2.24) is 0 Å². The van der Waals surface area contributed by atoms with Crippen molar-refractivity contribution < 1.29 is 4.74 Å². The first-order chi connectivity index (χ1) is 9.11. The Morgan fingerprint density at radius 2 is 2.00 bits per heavy atom. The number of hydrogen-bond acceptors (Lipinski definition) is 1. The predicted molar refractivity (Wildman–Crippen MR) is 87.5 cm³/mol. The molecule has 0 fully saturated rings. The van der Waals surface area contributed by atoms with Crippen molar-refractivity contribution in [3.63, 3.8) is 0 Å². The number of hydrogen-bond donors (Lipinski definition) is 0. The lowest BCUT2D eigenvalue weighted by Crippen LogP contribution is -1.96. The molecule has 0 aromatic heterocycles. The van der Waals surface area contributed by atoms with Gasteiger partial charge in [-0.3, -0.25) is 0 Å². The van der Waals surface area contributed by atoms with Gasteiger partial charge in [-0.05, 0) is 42.3 Å². The van der Waals surface area contributed by atoms with Crippen LogP contribution < -0.4 is 4.74 Å². The Labute approximate surface area is 135 Å². The van der Waals surface area contributed by atoms with E-state index in [2.05, 4.69) is 37.9 Å². The van der Waals surface area contributed by atoms with Crippen LogP contribution in [0, 0.1) is 0 Å². The van der Waals surface area contributed by atoms with Gasteiger partial charge < -0.3 is 4.74 Å². The van der Waals surface area contributed by atoms with Gasteiger partial charge in [-0.1, -0.05) is 61.7 Å². The van der Waals surface area contributed by atoms with Gasteiger partial charge in [0, 0.05) is 9.50 Å². The fraction of sp³-hybridized carbons (Fsp3) is 0.200. The summed E-state index contributed by atoms with van der Waals surface area (Å²) in [5.74, 6) is 0.865. The molecule has 19 heavy (non-hydrogen) atoms. The van der Waals surface area contributed by atoms with Crippen LogP contribution >= 0.6 is 43.5 Å². The normalized spacial score (nSPS) is 12.2. The second-order valence-electron chi connectivity index (χ2n) is 4.03. The molecule has 0 aliphatic heterocycles. The topological polar surface area (TPSA) is 9.23 Å². The third-order valence-corrected chi connectivity index (χ3v) is 4.64. The Bertz CT molecular complexity index is 572. The second kappa shape index (κ2) is 6.78. The van der Waals surface area contributed by atoms with Crippen LogP contribution in [0.1, 0.15) is 22.9 Å². The van der Waals surface area contributed by atoms with Crippen LogP contribution in [0.25, 0.3) is 0 Å². The average molecular weight is 405 g/mol. The van der Waals surface area contributed by atoms with Crippen LogP contribution in [-0.2, 0) is 0 Å². The van der Waals surface area contributed by atoms with E-state index in [1.54, 1.807) is 0 Å². The molecule has 0 bridgehead atoms. The zero-order chi connectivity index (χ0) is 13.8. The fourth-order valence-electron chi connectivity index (χ4n) is 1.81. The molecule has 100 valence electrons. The molecule has 0 spiro atoms. The Balaban J connectivity index is 2.31. The molecule has 2 aromatic carbocycles. The SMILES string of the molecule is CCOc1ccc(C(Br)c2cccc(Cl)c2)c(Br)c1. The van der Waals surface area contributed by atoms with Crippen LogP contribution in [0.5, 0.6) is 5.75 Å². The van der Waals surface area contributed by atoms with Crippen LogP contribution in [0.4, 0.5) is 0 Å². The summed E-state index contributed by atoms with van der Waals surface area (Å²) < 4.78 is 6.49. The van der Waals surface area contributed by atoms with E-state index in [0.717, 1.165) is 26.4 Å². The van der Waals surface area contributed by atoms with Gasteiger partial charge in [0.2, 0.25) is 0 Å². The molecule has 0 heterocycles. The number of benzene rings is 2. The smallest absolute Gasteiger partial charge is 0.120 e. The van der Waals surface area contributed by atoms with Crippen LogP contribution in [0.3, 0.4) is 0 Å². The molecule has 0 N–H and O–H groups in total. The van der Waals surface area contributed by atoms with Gasteiger partial charge in [0.05, 0.1) is 11.4 Å². The third-order valence-electron chi connectivity index (χ3n) is 2.70. The minimum absolute atomic E-state index is 0.0938. The summed E-state index contributed by atoms with van der Waals surface area (Å²) in [6, 6.07) is 13.8. The maximum atomic E-state index is 6.03. The molecule has 0 saturated heterocycles. The zero-order valence-electron chi connectivity index (χ0n) is 10.4. The standard InChI is InChI=1S/C15H13Br2ClO/c1-2-19-12-6-7-13(14(16)9-12)15(17)10-4-3-5-11(18)8-10/h3-9,15H,2H2,1H3. The molecule has 0 aliphatic carbocycles. The number of rotatable bonds is 4. The van der Waals surface area contributed by atoms with Crippen molar-refractivity contribution in [2.75, 3.05) is 6.61 Å². The van der Waals surface area contributed by atoms with E-state index in [1.807, 2.05) is 43.3 Å². The highest BCUT2D eigenvalue weighted by molar-refractivity contribution is 9.11. The van der Waals surface area contributed by atoms with Crippen molar-refractivity contribution in [3.8, 4) is 5.75 Å². The Kier molecular flexibility index (Phi) is 5.31. The quantitative estimate of drug-likeness (QED) is 0.569. The van der Waals surface area contributed by atoms with Gasteiger partial charge in [0.15, 0.2) is 0 Å². The van der Waals surface area contributed by atoms with E-state index in [1.165, 1.54) is 0 Å². The maximum Gasteiger partial charge on any atom is 0.120 e. The minimum atomic E-state index is 0.0938. The number of halogens is 3. The lowest BCUT2D eigenvalue weighted by Gasteiger charge is -2.14. The highest BCUT2D eigenvalue weighted by atomic mass is 79.9. The number of alkyl halides is 1. The monoisotopic (exact) mass is 402 g/mol. The minimum Gasteiger partial charge on any atom is -0.494 e. The number of ether oxygens (including phenoxy) is 1. The van der Waals surface area contributed by atoms with Crippen molar-refractivity contribution in [2.45, 2.75) is 11.8 Å².